The van der Waals surface area contributed by atoms with E-state index in [0.29, 0.717) is 19.6 Å². The summed E-state index contributed by atoms with van der Waals surface area (Å²) < 4.78 is 10.9. The Hall–Kier alpha value is -2.37. The van der Waals surface area contributed by atoms with Crippen LogP contribution in [0.1, 0.15) is 44.1 Å². The first-order valence-corrected chi connectivity index (χ1v) is 11.4. The van der Waals surface area contributed by atoms with E-state index in [1.807, 2.05) is 12.1 Å². The van der Waals surface area contributed by atoms with E-state index >= 15 is 0 Å². The van der Waals surface area contributed by atoms with Crippen LogP contribution in [0.25, 0.3) is 11.1 Å². The number of carbonyl (C=O) groups excluding carboxylic acids is 1. The van der Waals surface area contributed by atoms with Crippen molar-refractivity contribution in [1.29, 1.82) is 0 Å². The van der Waals surface area contributed by atoms with Gasteiger partial charge in [-0.25, -0.2) is 0 Å². The highest BCUT2D eigenvalue weighted by atomic mass is 16.5. The Kier molecular flexibility index (Phi) is 6.93. The van der Waals surface area contributed by atoms with Crippen LogP contribution in [-0.2, 0) is 16.0 Å². The molecule has 0 unspecified atom stereocenters. The third-order valence-corrected chi connectivity index (χ3v) is 6.86. The minimum absolute atomic E-state index is 0.145. The third kappa shape index (κ3) is 5.28. The van der Waals surface area contributed by atoms with Gasteiger partial charge in [-0.1, -0.05) is 36.4 Å². The van der Waals surface area contributed by atoms with Crippen LogP contribution in [0.5, 0.6) is 5.75 Å². The Bertz CT molecular complexity index is 865. The van der Waals surface area contributed by atoms with E-state index in [0.717, 1.165) is 55.4 Å². The van der Waals surface area contributed by atoms with E-state index in [1.54, 1.807) is 7.11 Å². The molecule has 2 aromatic carbocycles. The molecule has 5 heteroatoms. The Morgan fingerprint density at radius 3 is 2.45 bits per heavy atom. The number of carbonyl (C=O) groups is 1. The van der Waals surface area contributed by atoms with Gasteiger partial charge in [-0.3, -0.25) is 4.79 Å². The van der Waals surface area contributed by atoms with Crippen LogP contribution in [0, 0.1) is 5.41 Å². The second kappa shape index (κ2) is 9.84. The van der Waals surface area contributed by atoms with Gasteiger partial charge in [-0.2, -0.15) is 0 Å². The van der Waals surface area contributed by atoms with Crippen LogP contribution in [0.3, 0.4) is 0 Å². The van der Waals surface area contributed by atoms with Crippen LogP contribution >= 0.6 is 0 Å². The summed E-state index contributed by atoms with van der Waals surface area (Å²) in [5, 5.41) is 13.1. The second-order valence-corrected chi connectivity index (χ2v) is 8.98. The monoisotopic (exact) mass is 423 g/mol. The van der Waals surface area contributed by atoms with Gasteiger partial charge in [0.15, 0.2) is 0 Å². The highest BCUT2D eigenvalue weighted by molar-refractivity contribution is 5.83. The number of amides is 1. The van der Waals surface area contributed by atoms with Crippen LogP contribution in [-0.4, -0.2) is 43.5 Å². The van der Waals surface area contributed by atoms with Crippen molar-refractivity contribution >= 4 is 5.91 Å². The van der Waals surface area contributed by atoms with Gasteiger partial charge in [0, 0.05) is 19.3 Å². The van der Waals surface area contributed by atoms with Gasteiger partial charge in [0.2, 0.25) is 5.91 Å². The van der Waals surface area contributed by atoms with Crippen LogP contribution in [0.4, 0.5) is 0 Å². The summed E-state index contributed by atoms with van der Waals surface area (Å²) >= 11 is 0. The molecule has 1 aliphatic heterocycles. The molecule has 1 heterocycles. The summed E-state index contributed by atoms with van der Waals surface area (Å²) in [4.78, 5) is 13.5. The molecule has 1 amide bonds. The fourth-order valence-corrected chi connectivity index (χ4v) is 4.84. The van der Waals surface area contributed by atoms with Crippen molar-refractivity contribution < 1.29 is 19.4 Å². The number of hydrogen-bond donors (Lipinski definition) is 2. The SMILES string of the molecule is COc1ccc(-c2cccc(CC3(C(=O)NC4CCC(O)CC4)CCOCC3)c2)cc1. The van der Waals surface area contributed by atoms with Gasteiger partial charge >= 0.3 is 0 Å². The summed E-state index contributed by atoms with van der Waals surface area (Å²) in [6.45, 7) is 1.24. The zero-order valence-corrected chi connectivity index (χ0v) is 18.3. The molecule has 2 N–H and O–H groups in total. The van der Waals surface area contributed by atoms with E-state index in [1.165, 1.54) is 5.56 Å². The van der Waals surface area contributed by atoms with Crippen molar-refractivity contribution in [1.82, 2.24) is 5.32 Å². The zero-order valence-electron chi connectivity index (χ0n) is 18.3. The molecule has 166 valence electrons. The van der Waals surface area contributed by atoms with Gasteiger partial charge < -0.3 is 19.9 Å². The topological polar surface area (TPSA) is 67.8 Å². The second-order valence-electron chi connectivity index (χ2n) is 8.98. The maximum atomic E-state index is 13.5. The molecule has 0 radical (unpaired) electrons. The molecular weight excluding hydrogens is 390 g/mol. The normalized spacial score (nSPS) is 23.2. The summed E-state index contributed by atoms with van der Waals surface area (Å²) in [5.74, 6) is 0.986. The molecule has 31 heavy (non-hydrogen) atoms. The van der Waals surface area contributed by atoms with Gasteiger partial charge in [-0.05, 0) is 73.8 Å². The number of rotatable bonds is 6. The number of ether oxygens (including phenoxy) is 2. The molecule has 1 saturated carbocycles. The van der Waals surface area contributed by atoms with E-state index in [-0.39, 0.29) is 18.1 Å². The molecule has 2 fully saturated rings. The van der Waals surface area contributed by atoms with Gasteiger partial charge in [0.1, 0.15) is 5.75 Å². The lowest BCUT2D eigenvalue weighted by Crippen LogP contribution is -2.50. The minimum Gasteiger partial charge on any atom is -0.497 e. The Morgan fingerprint density at radius 2 is 1.77 bits per heavy atom. The fourth-order valence-electron chi connectivity index (χ4n) is 4.84. The quantitative estimate of drug-likeness (QED) is 0.733. The molecule has 2 aliphatic rings. The van der Waals surface area contributed by atoms with Crippen molar-refractivity contribution in [3.05, 3.63) is 54.1 Å². The summed E-state index contributed by atoms with van der Waals surface area (Å²) in [7, 11) is 1.67. The summed E-state index contributed by atoms with van der Waals surface area (Å²) in [5.41, 5.74) is 3.01. The first-order valence-electron chi connectivity index (χ1n) is 11.4. The van der Waals surface area contributed by atoms with Crippen molar-refractivity contribution in [3.8, 4) is 16.9 Å². The Morgan fingerprint density at radius 1 is 1.06 bits per heavy atom. The number of hydrogen-bond acceptors (Lipinski definition) is 4. The first kappa shape index (κ1) is 21.8. The lowest BCUT2D eigenvalue weighted by atomic mass is 9.73. The molecule has 0 spiro atoms. The number of aliphatic hydroxyl groups excluding tert-OH is 1. The molecule has 1 saturated heterocycles. The molecular formula is C26H33NO4. The van der Waals surface area contributed by atoms with E-state index in [9.17, 15) is 9.90 Å². The van der Waals surface area contributed by atoms with Crippen molar-refractivity contribution in [2.45, 2.75) is 57.1 Å². The standard InChI is InChI=1S/C26H33NO4/c1-30-24-11-5-20(6-12-24)21-4-2-3-19(17-21)18-26(13-15-31-16-14-26)25(29)27-22-7-9-23(28)10-8-22/h2-6,11-12,17,22-23,28H,7-10,13-16,18H2,1H3,(H,27,29). The van der Waals surface area contributed by atoms with Gasteiger partial charge in [-0.15, -0.1) is 0 Å². The smallest absolute Gasteiger partial charge is 0.226 e. The van der Waals surface area contributed by atoms with Crippen molar-refractivity contribution in [2.75, 3.05) is 20.3 Å². The zero-order chi connectivity index (χ0) is 21.7. The molecule has 5 nitrogen and oxygen atoms in total. The molecule has 0 atom stereocenters. The van der Waals surface area contributed by atoms with Gasteiger partial charge in [0.25, 0.3) is 0 Å². The average Bonchev–Trinajstić information content (AvgIpc) is 2.81. The predicted molar refractivity (Wildman–Crippen MR) is 121 cm³/mol. The molecule has 1 aliphatic carbocycles. The van der Waals surface area contributed by atoms with Crippen LogP contribution in [0.15, 0.2) is 48.5 Å². The molecule has 4 rings (SSSR count). The van der Waals surface area contributed by atoms with Gasteiger partial charge in [0.05, 0.1) is 18.6 Å². The third-order valence-electron chi connectivity index (χ3n) is 6.86. The van der Waals surface area contributed by atoms with E-state index in [2.05, 4.69) is 41.7 Å². The van der Waals surface area contributed by atoms with E-state index in [4.69, 9.17) is 9.47 Å². The van der Waals surface area contributed by atoms with E-state index < -0.39 is 5.41 Å². The Labute approximate surface area is 184 Å². The van der Waals surface area contributed by atoms with Crippen LogP contribution in [0.2, 0.25) is 0 Å². The predicted octanol–water partition coefficient (Wildman–Crippen LogP) is 4.12. The summed E-state index contributed by atoms with van der Waals surface area (Å²) in [6.07, 6.45) is 5.21. The maximum Gasteiger partial charge on any atom is 0.226 e. The lowest BCUT2D eigenvalue weighted by molar-refractivity contribution is -0.137. The lowest BCUT2D eigenvalue weighted by Gasteiger charge is -2.38. The summed E-state index contributed by atoms with van der Waals surface area (Å²) in [6, 6.07) is 16.7. The molecule has 2 aromatic rings. The molecule has 0 aromatic heterocycles. The van der Waals surface area contributed by atoms with Crippen molar-refractivity contribution in [2.24, 2.45) is 5.41 Å². The number of benzene rings is 2. The Balaban J connectivity index is 1.51. The maximum absolute atomic E-state index is 13.5. The average molecular weight is 424 g/mol. The van der Waals surface area contributed by atoms with Crippen molar-refractivity contribution in [3.63, 3.8) is 0 Å². The number of methoxy groups -OCH3 is 1. The molecule has 0 bridgehead atoms. The largest absolute Gasteiger partial charge is 0.497 e. The first-order chi connectivity index (χ1) is 15.1. The fraction of sp³-hybridized carbons (Fsp3) is 0.500. The highest BCUT2D eigenvalue weighted by Gasteiger charge is 2.41. The number of nitrogens with one attached hydrogen (secondary N) is 1. The van der Waals surface area contributed by atoms with Crippen LogP contribution < -0.4 is 10.1 Å². The number of aliphatic hydroxyl groups is 1. The highest BCUT2D eigenvalue weighted by Crippen LogP contribution is 2.36. The minimum atomic E-state index is -0.438.